The first-order valence-corrected chi connectivity index (χ1v) is 12.9. The fourth-order valence-corrected chi connectivity index (χ4v) is 5.55. The summed E-state index contributed by atoms with van der Waals surface area (Å²) in [6.07, 6.45) is 1.58. The van der Waals surface area contributed by atoms with E-state index in [0.29, 0.717) is 30.1 Å². The molecule has 5 rings (SSSR count). The topological polar surface area (TPSA) is 104 Å². The van der Waals surface area contributed by atoms with Crippen LogP contribution in [0.4, 0.5) is 5.69 Å². The molecule has 9 heteroatoms. The van der Waals surface area contributed by atoms with Gasteiger partial charge in [-0.05, 0) is 55.3 Å². The van der Waals surface area contributed by atoms with E-state index in [1.54, 1.807) is 41.3 Å². The number of likely N-dealkylation sites (tertiary alicyclic amines) is 1. The number of aromatic amines is 1. The van der Waals surface area contributed by atoms with Crippen molar-refractivity contribution in [2.75, 3.05) is 24.9 Å². The molecule has 8 nitrogen and oxygen atoms in total. The van der Waals surface area contributed by atoms with Crippen LogP contribution in [-0.2, 0) is 10.0 Å². The third kappa shape index (κ3) is 4.72. The maximum Gasteiger partial charge on any atom is 0.262 e. The summed E-state index contributed by atoms with van der Waals surface area (Å²) < 4.78 is 33.8. The lowest BCUT2D eigenvalue weighted by molar-refractivity contribution is 0.0711. The van der Waals surface area contributed by atoms with Gasteiger partial charge in [0.1, 0.15) is 11.6 Å². The van der Waals surface area contributed by atoms with Gasteiger partial charge in [0.2, 0.25) is 0 Å². The van der Waals surface area contributed by atoms with E-state index in [1.807, 2.05) is 24.3 Å². The first kappa shape index (κ1) is 22.9. The molecular weight excluding hydrogens is 464 g/mol. The molecule has 1 aliphatic heterocycles. The molecule has 1 amide bonds. The summed E-state index contributed by atoms with van der Waals surface area (Å²) in [6, 6.07) is 20.8. The third-order valence-electron chi connectivity index (χ3n) is 6.32. The molecule has 2 N–H and O–H groups in total. The predicted octanol–water partition coefficient (Wildman–Crippen LogP) is 4.39. The monoisotopic (exact) mass is 490 g/mol. The Labute approximate surface area is 204 Å². The number of amides is 1. The number of aromatic nitrogens is 2. The van der Waals surface area contributed by atoms with Gasteiger partial charge in [0, 0.05) is 24.6 Å². The van der Waals surface area contributed by atoms with Crippen LogP contribution in [0.3, 0.4) is 0 Å². The number of piperidine rings is 1. The number of methoxy groups -OCH3 is 1. The number of carbonyl (C=O) groups is 1. The van der Waals surface area contributed by atoms with Gasteiger partial charge in [0.25, 0.3) is 15.9 Å². The van der Waals surface area contributed by atoms with Crippen molar-refractivity contribution in [3.05, 3.63) is 84.2 Å². The molecule has 0 atom stereocenters. The van der Waals surface area contributed by atoms with Gasteiger partial charge >= 0.3 is 0 Å². The second-order valence-corrected chi connectivity index (χ2v) is 10.2. The molecule has 0 radical (unpaired) electrons. The number of benzene rings is 3. The van der Waals surface area contributed by atoms with Crippen molar-refractivity contribution < 1.29 is 17.9 Å². The third-order valence-corrected chi connectivity index (χ3v) is 7.68. The van der Waals surface area contributed by atoms with E-state index in [0.717, 1.165) is 29.7 Å². The quantitative estimate of drug-likeness (QED) is 0.417. The maximum absolute atomic E-state index is 13.2. The Kier molecular flexibility index (Phi) is 6.17. The average Bonchev–Trinajstić information content (AvgIpc) is 3.33. The Morgan fingerprint density at radius 3 is 2.54 bits per heavy atom. The summed E-state index contributed by atoms with van der Waals surface area (Å²) in [6.45, 7) is 1.16. The molecule has 35 heavy (non-hydrogen) atoms. The zero-order valence-corrected chi connectivity index (χ0v) is 20.1. The van der Waals surface area contributed by atoms with Gasteiger partial charge in [-0.15, -0.1) is 0 Å². The van der Waals surface area contributed by atoms with E-state index in [1.165, 1.54) is 19.2 Å². The number of para-hydroxylation sites is 4. The number of ether oxygens (including phenoxy) is 1. The van der Waals surface area contributed by atoms with Gasteiger partial charge in [-0.1, -0.05) is 30.3 Å². The molecule has 0 spiro atoms. The SMILES string of the molecule is COc1ccccc1NS(=O)(=O)c1cccc(C(=O)N2CCC(c3nc4ccccc4[nH]3)CC2)c1. The number of hydrogen-bond donors (Lipinski definition) is 2. The summed E-state index contributed by atoms with van der Waals surface area (Å²) in [5.74, 6) is 1.44. The number of sulfonamides is 1. The standard InChI is InChI=1S/C26H26N4O4S/c1-34-24-12-5-4-11-23(24)29-35(32,33)20-8-6-7-19(17-20)26(31)30-15-13-18(14-16-30)25-27-21-9-2-3-10-22(21)28-25/h2-12,17-18,29H,13-16H2,1H3,(H,27,28). The van der Waals surface area contributed by atoms with E-state index in [2.05, 4.69) is 9.71 Å². The van der Waals surface area contributed by atoms with Gasteiger partial charge in [0.15, 0.2) is 0 Å². The molecule has 4 aromatic rings. The predicted molar refractivity (Wildman–Crippen MR) is 134 cm³/mol. The number of imidazole rings is 1. The fraction of sp³-hybridized carbons (Fsp3) is 0.231. The van der Waals surface area contributed by atoms with Crippen LogP contribution in [0.15, 0.2) is 77.7 Å². The van der Waals surface area contributed by atoms with Gasteiger partial charge in [-0.3, -0.25) is 9.52 Å². The minimum Gasteiger partial charge on any atom is -0.495 e. The van der Waals surface area contributed by atoms with Gasteiger partial charge in [0.05, 0.1) is 28.7 Å². The van der Waals surface area contributed by atoms with Crippen LogP contribution in [0.2, 0.25) is 0 Å². The number of nitrogens with one attached hydrogen (secondary N) is 2. The van der Waals surface area contributed by atoms with Crippen molar-refractivity contribution in [2.45, 2.75) is 23.7 Å². The first-order chi connectivity index (χ1) is 16.9. The van der Waals surface area contributed by atoms with E-state index in [4.69, 9.17) is 9.72 Å². The maximum atomic E-state index is 13.2. The second-order valence-electron chi connectivity index (χ2n) is 8.54. The van der Waals surface area contributed by atoms with Crippen molar-refractivity contribution >= 4 is 32.7 Å². The minimum absolute atomic E-state index is 0.0198. The van der Waals surface area contributed by atoms with Crippen molar-refractivity contribution in [1.82, 2.24) is 14.9 Å². The molecule has 1 aromatic heterocycles. The Hall–Kier alpha value is -3.85. The van der Waals surface area contributed by atoms with Gasteiger partial charge in [-0.25, -0.2) is 13.4 Å². The highest BCUT2D eigenvalue weighted by Gasteiger charge is 2.27. The number of nitrogens with zero attached hydrogens (tertiary/aromatic N) is 2. The molecule has 1 aliphatic rings. The van der Waals surface area contributed by atoms with Crippen LogP contribution in [0.5, 0.6) is 5.75 Å². The molecule has 0 bridgehead atoms. The Morgan fingerprint density at radius 2 is 1.77 bits per heavy atom. The van der Waals surface area contributed by atoms with E-state index >= 15 is 0 Å². The number of rotatable bonds is 6. The number of hydrogen-bond acceptors (Lipinski definition) is 5. The van der Waals surface area contributed by atoms with Crippen LogP contribution >= 0.6 is 0 Å². The average molecular weight is 491 g/mol. The van der Waals surface area contributed by atoms with E-state index < -0.39 is 10.0 Å². The van der Waals surface area contributed by atoms with Crippen LogP contribution < -0.4 is 9.46 Å². The highest BCUT2D eigenvalue weighted by Crippen LogP contribution is 2.29. The zero-order chi connectivity index (χ0) is 24.4. The zero-order valence-electron chi connectivity index (χ0n) is 19.3. The van der Waals surface area contributed by atoms with E-state index in [-0.39, 0.29) is 16.7 Å². The molecule has 180 valence electrons. The summed E-state index contributed by atoms with van der Waals surface area (Å²) in [5, 5.41) is 0. The van der Waals surface area contributed by atoms with Gasteiger partial charge in [-0.2, -0.15) is 0 Å². The van der Waals surface area contributed by atoms with Crippen molar-refractivity contribution in [1.29, 1.82) is 0 Å². The van der Waals surface area contributed by atoms with Crippen LogP contribution in [0.25, 0.3) is 11.0 Å². The number of anilines is 1. The molecule has 2 heterocycles. The molecule has 1 saturated heterocycles. The normalized spacial score (nSPS) is 14.7. The number of H-pyrrole nitrogens is 1. The molecule has 3 aromatic carbocycles. The highest BCUT2D eigenvalue weighted by atomic mass is 32.2. The largest absolute Gasteiger partial charge is 0.495 e. The molecule has 1 fully saturated rings. The van der Waals surface area contributed by atoms with Crippen LogP contribution in [0.1, 0.15) is 34.9 Å². The lowest BCUT2D eigenvalue weighted by atomic mass is 9.95. The Balaban J connectivity index is 1.28. The molecule has 0 aliphatic carbocycles. The highest BCUT2D eigenvalue weighted by molar-refractivity contribution is 7.92. The lowest BCUT2D eigenvalue weighted by Crippen LogP contribution is -2.38. The van der Waals surface area contributed by atoms with Gasteiger partial charge < -0.3 is 14.6 Å². The van der Waals surface area contributed by atoms with E-state index in [9.17, 15) is 13.2 Å². The van der Waals surface area contributed by atoms with Crippen LogP contribution in [0, 0.1) is 0 Å². The summed E-state index contributed by atoms with van der Waals surface area (Å²) >= 11 is 0. The first-order valence-electron chi connectivity index (χ1n) is 11.4. The lowest BCUT2D eigenvalue weighted by Gasteiger charge is -2.31. The Bertz CT molecular complexity index is 1440. The van der Waals surface area contributed by atoms with Crippen molar-refractivity contribution in [3.63, 3.8) is 0 Å². The molecular formula is C26H26N4O4S. The van der Waals surface area contributed by atoms with Crippen molar-refractivity contribution in [2.24, 2.45) is 0 Å². The number of fused-ring (bicyclic) bond motifs is 1. The smallest absolute Gasteiger partial charge is 0.262 e. The summed E-state index contributed by atoms with van der Waals surface area (Å²) in [4.78, 5) is 23.1. The molecule has 0 saturated carbocycles. The molecule has 0 unspecified atom stereocenters. The minimum atomic E-state index is -3.90. The summed E-state index contributed by atoms with van der Waals surface area (Å²) in [5.41, 5.74) is 2.64. The second kappa shape index (κ2) is 9.42. The summed E-state index contributed by atoms with van der Waals surface area (Å²) in [7, 11) is -2.43. The van der Waals surface area contributed by atoms with Crippen LogP contribution in [-0.4, -0.2) is 49.4 Å². The fourth-order valence-electron chi connectivity index (χ4n) is 4.43. The van der Waals surface area contributed by atoms with Crippen molar-refractivity contribution in [3.8, 4) is 5.75 Å². The Morgan fingerprint density at radius 1 is 1.03 bits per heavy atom. The number of carbonyl (C=O) groups excluding carboxylic acids is 1.